The predicted molar refractivity (Wildman–Crippen MR) is 162 cm³/mol. The van der Waals surface area contributed by atoms with Gasteiger partial charge in [-0.3, -0.25) is 9.59 Å². The van der Waals surface area contributed by atoms with E-state index in [9.17, 15) is 14.7 Å². The Labute approximate surface area is 246 Å². The lowest BCUT2D eigenvalue weighted by Gasteiger charge is -2.45. The minimum atomic E-state index is -0.748. The van der Waals surface area contributed by atoms with E-state index < -0.39 is 18.0 Å². The van der Waals surface area contributed by atoms with Gasteiger partial charge in [0.15, 0.2) is 0 Å². The van der Waals surface area contributed by atoms with Crippen LogP contribution in [0.3, 0.4) is 0 Å². The maximum atomic E-state index is 14.3. The van der Waals surface area contributed by atoms with E-state index in [1.807, 2.05) is 78.9 Å². The van der Waals surface area contributed by atoms with Crippen molar-refractivity contribution in [1.29, 1.82) is 0 Å². The topological polar surface area (TPSA) is 88.1 Å². The highest BCUT2D eigenvalue weighted by Crippen LogP contribution is 2.47. The van der Waals surface area contributed by atoms with Gasteiger partial charge in [0, 0.05) is 23.7 Å². The molecule has 42 heavy (non-hydrogen) atoms. The fourth-order valence-electron chi connectivity index (χ4n) is 5.85. The van der Waals surface area contributed by atoms with Crippen molar-refractivity contribution in [3.8, 4) is 11.5 Å². The quantitative estimate of drug-likeness (QED) is 0.269. The second-order valence-electron chi connectivity index (χ2n) is 10.4. The van der Waals surface area contributed by atoms with Crippen LogP contribution in [0.4, 0.5) is 0 Å². The highest BCUT2D eigenvalue weighted by Gasteiger charge is 2.47. The molecule has 1 aliphatic heterocycles. The number of hydrogen-bond acceptors (Lipinski definition) is 5. The molecule has 4 aromatic carbocycles. The molecule has 0 spiro atoms. The Bertz CT molecular complexity index is 1510. The van der Waals surface area contributed by atoms with E-state index in [2.05, 4.69) is 5.32 Å². The minimum absolute atomic E-state index is 0.199. The SMILES string of the molecule is COc1ccc([C@@H]2[C@@H](C(=O)NCCc3ccccc3)c3ccccc3C(=O)N2[C@H](CO)Cc2ccccc2)c(OC)c1. The van der Waals surface area contributed by atoms with Gasteiger partial charge in [-0.2, -0.15) is 0 Å². The number of carbonyl (C=O) groups is 2. The average molecular weight is 565 g/mol. The number of rotatable bonds is 11. The molecule has 2 amide bonds. The Hall–Kier alpha value is -4.62. The van der Waals surface area contributed by atoms with Crippen molar-refractivity contribution >= 4 is 11.8 Å². The van der Waals surface area contributed by atoms with Crippen molar-refractivity contribution in [2.75, 3.05) is 27.4 Å². The second kappa shape index (κ2) is 13.4. The third-order valence-electron chi connectivity index (χ3n) is 7.89. The number of carbonyl (C=O) groups excluding carboxylic acids is 2. The summed E-state index contributed by atoms with van der Waals surface area (Å²) >= 11 is 0. The average Bonchev–Trinajstić information content (AvgIpc) is 3.04. The number of benzene rings is 4. The van der Waals surface area contributed by atoms with Crippen LogP contribution in [0.15, 0.2) is 103 Å². The molecule has 0 bridgehead atoms. The molecule has 4 aromatic rings. The summed E-state index contributed by atoms with van der Waals surface area (Å²) < 4.78 is 11.2. The van der Waals surface area contributed by atoms with Gasteiger partial charge in [-0.1, -0.05) is 78.9 Å². The molecule has 0 saturated heterocycles. The molecule has 0 radical (unpaired) electrons. The predicted octanol–water partition coefficient (Wildman–Crippen LogP) is 4.95. The summed E-state index contributed by atoms with van der Waals surface area (Å²) in [5, 5.41) is 13.9. The molecule has 1 aliphatic rings. The zero-order valence-electron chi connectivity index (χ0n) is 23.9. The Morgan fingerprint density at radius 1 is 0.857 bits per heavy atom. The molecule has 0 fully saturated rings. The van der Waals surface area contributed by atoms with Gasteiger partial charge in [0.25, 0.3) is 5.91 Å². The molecule has 7 heteroatoms. The van der Waals surface area contributed by atoms with Crippen LogP contribution in [0, 0.1) is 0 Å². The van der Waals surface area contributed by atoms with E-state index in [0.717, 1.165) is 11.1 Å². The number of hydrogen-bond donors (Lipinski definition) is 2. The van der Waals surface area contributed by atoms with Gasteiger partial charge in [0.1, 0.15) is 11.5 Å². The smallest absolute Gasteiger partial charge is 0.255 e. The summed E-state index contributed by atoms with van der Waals surface area (Å²) in [5.41, 5.74) is 3.87. The first-order valence-corrected chi connectivity index (χ1v) is 14.2. The number of nitrogens with zero attached hydrogens (tertiary/aromatic N) is 1. The summed E-state index contributed by atoms with van der Waals surface area (Å²) in [7, 11) is 3.13. The van der Waals surface area contributed by atoms with E-state index in [1.165, 1.54) is 0 Å². The third-order valence-corrected chi connectivity index (χ3v) is 7.89. The van der Waals surface area contributed by atoms with Crippen LogP contribution in [0.25, 0.3) is 0 Å². The maximum absolute atomic E-state index is 14.3. The van der Waals surface area contributed by atoms with E-state index in [0.29, 0.717) is 47.6 Å². The molecular weight excluding hydrogens is 528 g/mol. The van der Waals surface area contributed by atoms with E-state index in [-0.39, 0.29) is 18.4 Å². The van der Waals surface area contributed by atoms with Gasteiger partial charge in [0.2, 0.25) is 5.91 Å². The fraction of sp³-hybridized carbons (Fsp3) is 0.257. The Balaban J connectivity index is 1.61. The van der Waals surface area contributed by atoms with Crippen LogP contribution in [0.1, 0.15) is 44.6 Å². The molecule has 5 rings (SSSR count). The number of amides is 2. The minimum Gasteiger partial charge on any atom is -0.497 e. The monoisotopic (exact) mass is 564 g/mol. The van der Waals surface area contributed by atoms with Gasteiger partial charge in [0.05, 0.1) is 38.8 Å². The van der Waals surface area contributed by atoms with E-state index in [4.69, 9.17) is 9.47 Å². The van der Waals surface area contributed by atoms with Crippen molar-refractivity contribution < 1.29 is 24.2 Å². The third kappa shape index (κ3) is 6.02. The molecule has 3 atom stereocenters. The number of aliphatic hydroxyl groups is 1. The number of methoxy groups -OCH3 is 2. The molecule has 0 saturated carbocycles. The second-order valence-corrected chi connectivity index (χ2v) is 10.4. The van der Waals surface area contributed by atoms with Crippen LogP contribution < -0.4 is 14.8 Å². The van der Waals surface area contributed by atoms with E-state index in [1.54, 1.807) is 43.4 Å². The number of nitrogens with one attached hydrogen (secondary N) is 1. The number of aliphatic hydroxyl groups excluding tert-OH is 1. The molecule has 1 heterocycles. The van der Waals surface area contributed by atoms with E-state index >= 15 is 0 Å². The fourth-order valence-corrected chi connectivity index (χ4v) is 5.85. The van der Waals surface area contributed by atoms with Gasteiger partial charge in [-0.25, -0.2) is 0 Å². The number of ether oxygens (including phenoxy) is 2. The first-order valence-electron chi connectivity index (χ1n) is 14.2. The van der Waals surface area contributed by atoms with Crippen molar-refractivity contribution in [2.45, 2.75) is 30.8 Å². The van der Waals surface area contributed by atoms with Gasteiger partial charge in [-0.15, -0.1) is 0 Å². The van der Waals surface area contributed by atoms with Gasteiger partial charge >= 0.3 is 0 Å². The Kier molecular flexibility index (Phi) is 9.19. The summed E-state index contributed by atoms with van der Waals surface area (Å²) in [6, 6.07) is 31.1. The van der Waals surface area contributed by atoms with Crippen molar-refractivity contribution in [3.63, 3.8) is 0 Å². The highest BCUT2D eigenvalue weighted by molar-refractivity contribution is 6.01. The van der Waals surface area contributed by atoms with Crippen molar-refractivity contribution in [1.82, 2.24) is 10.2 Å². The van der Waals surface area contributed by atoms with Crippen LogP contribution in [-0.2, 0) is 17.6 Å². The summed E-state index contributed by atoms with van der Waals surface area (Å²) in [6.07, 6.45) is 1.09. The normalized spacial score (nSPS) is 16.8. The number of fused-ring (bicyclic) bond motifs is 1. The Morgan fingerprint density at radius 2 is 1.52 bits per heavy atom. The van der Waals surface area contributed by atoms with Crippen molar-refractivity contribution in [3.05, 3.63) is 131 Å². The van der Waals surface area contributed by atoms with Crippen LogP contribution >= 0.6 is 0 Å². The molecular formula is C35H36N2O5. The molecule has 216 valence electrons. The molecule has 7 nitrogen and oxygen atoms in total. The largest absolute Gasteiger partial charge is 0.497 e. The molecule has 0 aliphatic carbocycles. The highest BCUT2D eigenvalue weighted by atomic mass is 16.5. The van der Waals surface area contributed by atoms with Gasteiger partial charge < -0.3 is 24.8 Å². The Morgan fingerprint density at radius 3 is 2.19 bits per heavy atom. The first-order chi connectivity index (χ1) is 20.5. The maximum Gasteiger partial charge on any atom is 0.255 e. The standard InChI is InChI=1S/C35H36N2O5/c1-41-27-17-18-30(31(22-27)42-2)33-32(34(39)36-20-19-24-11-5-3-6-12-24)28-15-9-10-16-29(28)35(40)37(33)26(23-38)21-25-13-7-4-8-14-25/h3-18,22,26,32-33,38H,19-21,23H2,1-2H3,(H,36,39)/t26-,32-,33+/m0/s1. The zero-order chi connectivity index (χ0) is 29.5. The summed E-state index contributed by atoms with van der Waals surface area (Å²) in [5.74, 6) is -0.0970. The van der Waals surface area contributed by atoms with Crippen molar-refractivity contribution in [2.24, 2.45) is 0 Å². The lowest BCUT2D eigenvalue weighted by atomic mass is 9.77. The zero-order valence-corrected chi connectivity index (χ0v) is 23.9. The molecule has 0 unspecified atom stereocenters. The molecule has 0 aromatic heterocycles. The summed E-state index contributed by atoms with van der Waals surface area (Å²) in [6.45, 7) is 0.162. The van der Waals surface area contributed by atoms with Crippen LogP contribution in [0.2, 0.25) is 0 Å². The molecule has 2 N–H and O–H groups in total. The first kappa shape index (κ1) is 28.9. The summed E-state index contributed by atoms with van der Waals surface area (Å²) in [4.78, 5) is 30.2. The van der Waals surface area contributed by atoms with Gasteiger partial charge in [-0.05, 0) is 47.7 Å². The lowest BCUT2D eigenvalue weighted by Crippen LogP contribution is -2.53. The lowest BCUT2D eigenvalue weighted by molar-refractivity contribution is -0.124. The van der Waals surface area contributed by atoms with Crippen LogP contribution in [-0.4, -0.2) is 55.2 Å². The van der Waals surface area contributed by atoms with Crippen LogP contribution in [0.5, 0.6) is 11.5 Å².